The number of aliphatic hydroxyl groups is 1. The van der Waals surface area contributed by atoms with Crippen LogP contribution in [-0.2, 0) is 4.74 Å². The number of nitriles is 1. The van der Waals surface area contributed by atoms with Crippen molar-refractivity contribution in [3.05, 3.63) is 23.4 Å². The van der Waals surface area contributed by atoms with Crippen molar-refractivity contribution in [3.8, 4) is 6.07 Å². The van der Waals surface area contributed by atoms with Crippen LogP contribution in [0.3, 0.4) is 0 Å². The lowest BCUT2D eigenvalue weighted by atomic mass is 9.58. The molecule has 2 aliphatic rings. The number of aliphatic hydroxyl groups excluding tert-OH is 1. The van der Waals surface area contributed by atoms with Gasteiger partial charge in [0.2, 0.25) is 0 Å². The summed E-state index contributed by atoms with van der Waals surface area (Å²) in [5.41, 5.74) is 1.45. The van der Waals surface area contributed by atoms with Gasteiger partial charge < -0.3 is 14.7 Å². The van der Waals surface area contributed by atoms with E-state index in [1.54, 1.807) is 0 Å². The molecule has 1 spiro atoms. The number of nitrogens with zero attached hydrogens (tertiary/aromatic N) is 3. The summed E-state index contributed by atoms with van der Waals surface area (Å²) in [6.07, 6.45) is 2.45. The molecule has 1 aliphatic carbocycles. The summed E-state index contributed by atoms with van der Waals surface area (Å²) in [5.74, 6) is 0.777. The molecule has 1 N–H and O–H groups in total. The van der Waals surface area contributed by atoms with E-state index in [-0.39, 0.29) is 17.6 Å². The molecule has 22 heavy (non-hydrogen) atoms. The van der Waals surface area contributed by atoms with E-state index in [1.807, 2.05) is 26.0 Å². The Kier molecular flexibility index (Phi) is 4.07. The Morgan fingerprint density at radius 3 is 2.77 bits per heavy atom. The quantitative estimate of drug-likeness (QED) is 0.925. The predicted molar refractivity (Wildman–Crippen MR) is 83.6 cm³/mol. The molecule has 1 saturated heterocycles. The van der Waals surface area contributed by atoms with Gasteiger partial charge in [-0.1, -0.05) is 0 Å². The Bertz CT molecular complexity index is 586. The van der Waals surface area contributed by atoms with E-state index in [0.717, 1.165) is 43.9 Å². The van der Waals surface area contributed by atoms with Crippen molar-refractivity contribution in [2.24, 2.45) is 5.41 Å². The van der Waals surface area contributed by atoms with Crippen molar-refractivity contribution in [3.63, 3.8) is 0 Å². The third-order valence-electron chi connectivity index (χ3n) is 5.24. The number of rotatable bonds is 3. The Balaban J connectivity index is 1.75. The van der Waals surface area contributed by atoms with Gasteiger partial charge in [0, 0.05) is 37.2 Å². The molecule has 1 saturated carbocycles. The zero-order chi connectivity index (χ0) is 15.7. The predicted octanol–water partition coefficient (Wildman–Crippen LogP) is 2.02. The molecule has 1 aromatic rings. The van der Waals surface area contributed by atoms with E-state index < -0.39 is 0 Å². The number of piperidine rings is 1. The molecule has 1 aliphatic heterocycles. The summed E-state index contributed by atoms with van der Waals surface area (Å²) < 4.78 is 5.80. The average Bonchev–Trinajstić information content (AvgIpc) is 2.55. The van der Waals surface area contributed by atoms with Crippen molar-refractivity contribution in [2.75, 3.05) is 24.6 Å². The summed E-state index contributed by atoms with van der Waals surface area (Å²) in [4.78, 5) is 6.71. The lowest BCUT2D eigenvalue weighted by molar-refractivity contribution is -0.199. The first-order chi connectivity index (χ1) is 10.6. The van der Waals surface area contributed by atoms with Crippen LogP contribution in [-0.4, -0.2) is 42.0 Å². The van der Waals surface area contributed by atoms with Gasteiger partial charge in [-0.05, 0) is 38.8 Å². The normalized spacial score (nSPS) is 26.5. The molecule has 1 aromatic heterocycles. The van der Waals surface area contributed by atoms with Crippen LogP contribution >= 0.6 is 0 Å². The van der Waals surface area contributed by atoms with Gasteiger partial charge in [0.15, 0.2) is 0 Å². The molecule has 3 rings (SSSR count). The van der Waals surface area contributed by atoms with E-state index in [2.05, 4.69) is 16.0 Å². The van der Waals surface area contributed by atoms with Crippen molar-refractivity contribution < 1.29 is 9.84 Å². The molecular weight excluding hydrogens is 278 g/mol. The zero-order valence-corrected chi connectivity index (χ0v) is 13.2. The topological polar surface area (TPSA) is 69.4 Å². The van der Waals surface area contributed by atoms with Gasteiger partial charge in [0.25, 0.3) is 0 Å². The SMILES string of the molecule is CCO[C@@H]1C[C@@H](O)C12CCN(c1nc(C)ccc1C#N)CC2. The maximum Gasteiger partial charge on any atom is 0.146 e. The minimum absolute atomic E-state index is 0.0941. The molecule has 0 radical (unpaired) electrons. The Labute approximate surface area is 131 Å². The monoisotopic (exact) mass is 301 g/mol. The van der Waals surface area contributed by atoms with Crippen LogP contribution < -0.4 is 4.90 Å². The van der Waals surface area contributed by atoms with Crippen LogP contribution in [0.1, 0.15) is 37.4 Å². The molecular formula is C17H23N3O2. The second-order valence-electron chi connectivity index (χ2n) is 6.35. The van der Waals surface area contributed by atoms with E-state index in [1.165, 1.54) is 0 Å². The second kappa shape index (κ2) is 5.86. The Hall–Kier alpha value is -1.64. The highest BCUT2D eigenvalue weighted by Crippen LogP contribution is 2.51. The summed E-state index contributed by atoms with van der Waals surface area (Å²) in [6, 6.07) is 5.93. The minimum atomic E-state index is -0.257. The van der Waals surface area contributed by atoms with Crippen molar-refractivity contribution in [1.29, 1.82) is 5.26 Å². The molecule has 0 aromatic carbocycles. The lowest BCUT2D eigenvalue weighted by Crippen LogP contribution is -2.62. The third-order valence-corrected chi connectivity index (χ3v) is 5.24. The Morgan fingerprint density at radius 1 is 1.45 bits per heavy atom. The van der Waals surface area contributed by atoms with Crippen molar-refractivity contribution >= 4 is 5.82 Å². The standard InChI is InChI=1S/C17H23N3O2/c1-3-22-15-10-14(21)17(15)6-8-20(9-7-17)16-13(11-18)5-4-12(2)19-16/h4-5,14-15,21H,3,6-10H2,1-2H3/t14-,15-/m1/s1. The first-order valence-corrected chi connectivity index (χ1v) is 8.03. The molecule has 2 fully saturated rings. The number of anilines is 1. The molecule has 0 amide bonds. The average molecular weight is 301 g/mol. The third kappa shape index (κ3) is 2.37. The summed E-state index contributed by atoms with van der Waals surface area (Å²) in [6.45, 7) is 6.26. The van der Waals surface area contributed by atoms with Gasteiger partial charge in [-0.25, -0.2) is 4.98 Å². The molecule has 118 valence electrons. The fourth-order valence-corrected chi connectivity index (χ4v) is 3.82. The van der Waals surface area contributed by atoms with Crippen LogP contribution in [0.2, 0.25) is 0 Å². The van der Waals surface area contributed by atoms with Crippen molar-refractivity contribution in [1.82, 2.24) is 4.98 Å². The number of pyridine rings is 1. The fourth-order valence-electron chi connectivity index (χ4n) is 3.82. The molecule has 0 bridgehead atoms. The molecule has 2 heterocycles. The first kappa shape index (κ1) is 15.3. The van der Waals surface area contributed by atoms with E-state index in [0.29, 0.717) is 12.2 Å². The maximum absolute atomic E-state index is 10.3. The summed E-state index contributed by atoms with van der Waals surface area (Å²) >= 11 is 0. The summed E-state index contributed by atoms with van der Waals surface area (Å²) in [5, 5.41) is 19.5. The Morgan fingerprint density at radius 2 is 2.18 bits per heavy atom. The van der Waals surface area contributed by atoms with Gasteiger partial charge in [0.05, 0.1) is 17.8 Å². The number of hydrogen-bond acceptors (Lipinski definition) is 5. The molecule has 2 atom stereocenters. The second-order valence-corrected chi connectivity index (χ2v) is 6.35. The number of aryl methyl sites for hydroxylation is 1. The highest BCUT2D eigenvalue weighted by molar-refractivity contribution is 5.54. The zero-order valence-electron chi connectivity index (χ0n) is 13.2. The minimum Gasteiger partial charge on any atom is -0.392 e. The van der Waals surface area contributed by atoms with Gasteiger partial charge in [-0.2, -0.15) is 5.26 Å². The molecule has 5 heteroatoms. The van der Waals surface area contributed by atoms with Gasteiger partial charge in [-0.15, -0.1) is 0 Å². The van der Waals surface area contributed by atoms with E-state index in [4.69, 9.17) is 4.74 Å². The van der Waals surface area contributed by atoms with Crippen LogP contribution in [0.5, 0.6) is 0 Å². The van der Waals surface area contributed by atoms with Crippen LogP contribution in [0, 0.1) is 23.7 Å². The highest BCUT2D eigenvalue weighted by atomic mass is 16.5. The van der Waals surface area contributed by atoms with Gasteiger partial charge in [-0.3, -0.25) is 0 Å². The first-order valence-electron chi connectivity index (χ1n) is 8.03. The van der Waals surface area contributed by atoms with E-state index in [9.17, 15) is 10.4 Å². The van der Waals surface area contributed by atoms with Crippen LogP contribution in [0.4, 0.5) is 5.82 Å². The summed E-state index contributed by atoms with van der Waals surface area (Å²) in [7, 11) is 0. The highest BCUT2D eigenvalue weighted by Gasteiger charge is 2.56. The lowest BCUT2D eigenvalue weighted by Gasteiger charge is -2.56. The number of hydrogen-bond donors (Lipinski definition) is 1. The van der Waals surface area contributed by atoms with Gasteiger partial charge in [0.1, 0.15) is 11.9 Å². The smallest absolute Gasteiger partial charge is 0.146 e. The fraction of sp³-hybridized carbons (Fsp3) is 0.647. The maximum atomic E-state index is 10.3. The van der Waals surface area contributed by atoms with E-state index >= 15 is 0 Å². The number of aromatic nitrogens is 1. The van der Waals surface area contributed by atoms with Gasteiger partial charge >= 0.3 is 0 Å². The van der Waals surface area contributed by atoms with Crippen molar-refractivity contribution in [2.45, 2.75) is 45.3 Å². The largest absolute Gasteiger partial charge is 0.392 e. The van der Waals surface area contributed by atoms with Crippen LogP contribution in [0.15, 0.2) is 12.1 Å². The van der Waals surface area contributed by atoms with Crippen LogP contribution in [0.25, 0.3) is 0 Å². The number of ether oxygens (including phenoxy) is 1. The molecule has 5 nitrogen and oxygen atoms in total. The molecule has 0 unspecified atom stereocenters.